The number of sulfonamides is 1. The van der Waals surface area contributed by atoms with E-state index in [-0.39, 0.29) is 25.4 Å². The van der Waals surface area contributed by atoms with Gasteiger partial charge in [0.1, 0.15) is 11.8 Å². The van der Waals surface area contributed by atoms with Crippen LogP contribution in [0.2, 0.25) is 5.02 Å². The van der Waals surface area contributed by atoms with E-state index in [0.29, 0.717) is 23.8 Å². The number of esters is 1. The molecule has 1 unspecified atom stereocenters. The molecular weight excluding hydrogens is 506 g/mol. The van der Waals surface area contributed by atoms with E-state index in [1.807, 2.05) is 35.4 Å². The second kappa shape index (κ2) is 11.4. The minimum atomic E-state index is -3.73. The number of hydrogen-bond donors (Lipinski definition) is 0. The lowest BCUT2D eigenvalue weighted by Crippen LogP contribution is -2.48. The molecule has 0 saturated carbocycles. The minimum Gasteiger partial charge on any atom is -0.497 e. The van der Waals surface area contributed by atoms with E-state index in [1.165, 1.54) is 11.4 Å². The average molecular weight is 534 g/mol. The molecule has 1 aromatic heterocycles. The van der Waals surface area contributed by atoms with Gasteiger partial charge in [-0.1, -0.05) is 41.1 Å². The van der Waals surface area contributed by atoms with Gasteiger partial charge < -0.3 is 9.47 Å². The number of carbonyl (C=O) groups is 1. The number of ether oxygens (including phenoxy) is 2. The monoisotopic (exact) mass is 533 g/mol. The molecule has 10 nitrogen and oxygen atoms in total. The van der Waals surface area contributed by atoms with Crippen LogP contribution >= 0.6 is 11.6 Å². The van der Waals surface area contributed by atoms with Crippen LogP contribution in [-0.4, -0.2) is 77.7 Å². The summed E-state index contributed by atoms with van der Waals surface area (Å²) in [4.78, 5) is 14.6. The van der Waals surface area contributed by atoms with E-state index in [0.717, 1.165) is 16.9 Å². The number of rotatable bonds is 8. The Morgan fingerprint density at radius 2 is 1.69 bits per heavy atom. The van der Waals surface area contributed by atoms with Gasteiger partial charge in [0, 0.05) is 31.2 Å². The van der Waals surface area contributed by atoms with Gasteiger partial charge in [-0.25, -0.2) is 13.1 Å². The molecule has 3 aromatic rings. The fourth-order valence-electron chi connectivity index (χ4n) is 4.07. The van der Waals surface area contributed by atoms with E-state index in [9.17, 15) is 13.2 Å². The summed E-state index contributed by atoms with van der Waals surface area (Å²) in [6.45, 7) is 1.35. The summed E-state index contributed by atoms with van der Waals surface area (Å²) in [6.07, 6.45) is 1.82. The van der Waals surface area contributed by atoms with Crippen LogP contribution in [-0.2, 0) is 39.2 Å². The van der Waals surface area contributed by atoms with Crippen molar-refractivity contribution < 1.29 is 22.7 Å². The highest BCUT2D eigenvalue weighted by Crippen LogP contribution is 2.22. The van der Waals surface area contributed by atoms with E-state index in [4.69, 9.17) is 21.1 Å². The summed E-state index contributed by atoms with van der Waals surface area (Å²) in [7, 11) is -0.854. The van der Waals surface area contributed by atoms with Gasteiger partial charge in [0.05, 0.1) is 38.4 Å². The highest BCUT2D eigenvalue weighted by Gasteiger charge is 2.39. The Labute approximate surface area is 215 Å². The van der Waals surface area contributed by atoms with Crippen molar-refractivity contribution in [2.24, 2.45) is 0 Å². The molecule has 0 radical (unpaired) electrons. The maximum absolute atomic E-state index is 13.2. The van der Waals surface area contributed by atoms with E-state index >= 15 is 0 Å². The lowest BCUT2D eigenvalue weighted by atomic mass is 10.2. The molecule has 0 N–H and O–H groups in total. The van der Waals surface area contributed by atoms with Gasteiger partial charge in [0.15, 0.2) is 0 Å². The molecule has 4 rings (SSSR count). The van der Waals surface area contributed by atoms with Crippen molar-refractivity contribution in [1.82, 2.24) is 24.2 Å². The number of benzene rings is 2. The zero-order valence-corrected chi connectivity index (χ0v) is 21.7. The number of methoxy groups -OCH3 is 2. The lowest BCUT2D eigenvalue weighted by molar-refractivity contribution is -0.145. The van der Waals surface area contributed by atoms with Crippen LogP contribution in [0.5, 0.6) is 5.75 Å². The maximum Gasteiger partial charge on any atom is 0.325 e. The summed E-state index contributed by atoms with van der Waals surface area (Å²) in [6, 6.07) is 13.6. The predicted octanol–water partition coefficient (Wildman–Crippen LogP) is 2.18. The van der Waals surface area contributed by atoms with Crippen molar-refractivity contribution in [3.8, 4) is 5.75 Å². The van der Waals surface area contributed by atoms with E-state index < -0.39 is 22.0 Å². The molecule has 12 heteroatoms. The van der Waals surface area contributed by atoms with Gasteiger partial charge in [0.2, 0.25) is 10.0 Å². The van der Waals surface area contributed by atoms with Crippen LogP contribution in [0.3, 0.4) is 0 Å². The summed E-state index contributed by atoms with van der Waals surface area (Å²) < 4.78 is 39.5. The van der Waals surface area contributed by atoms with Crippen molar-refractivity contribution in [2.75, 3.05) is 33.1 Å². The lowest BCUT2D eigenvalue weighted by Gasteiger charge is -2.28. The molecule has 0 spiro atoms. The molecule has 2 aromatic carbocycles. The largest absolute Gasteiger partial charge is 0.497 e. The third-order valence-corrected chi connectivity index (χ3v) is 8.05. The normalized spacial score (nSPS) is 18.5. The van der Waals surface area contributed by atoms with E-state index in [2.05, 4.69) is 10.3 Å². The van der Waals surface area contributed by atoms with Crippen molar-refractivity contribution >= 4 is 27.6 Å². The second-order valence-electron chi connectivity index (χ2n) is 8.52. The van der Waals surface area contributed by atoms with Crippen LogP contribution in [0, 0.1) is 0 Å². The van der Waals surface area contributed by atoms with Crippen molar-refractivity contribution in [1.29, 1.82) is 0 Å². The van der Waals surface area contributed by atoms with Gasteiger partial charge in [-0.2, -0.15) is 4.31 Å². The third-order valence-electron chi connectivity index (χ3n) is 6.00. The van der Waals surface area contributed by atoms with Crippen molar-refractivity contribution in [3.05, 3.63) is 76.6 Å². The molecule has 1 saturated heterocycles. The Hall–Kier alpha value is -2.99. The Bertz CT molecular complexity index is 1280. The first kappa shape index (κ1) is 26.1. The van der Waals surface area contributed by atoms with Gasteiger partial charge in [0.25, 0.3) is 0 Å². The molecule has 36 heavy (non-hydrogen) atoms. The molecule has 0 aliphatic carbocycles. The topological polar surface area (TPSA) is 107 Å². The molecular formula is C24H28ClN5O5S. The number of halogens is 1. The third kappa shape index (κ3) is 6.41. The summed E-state index contributed by atoms with van der Waals surface area (Å²) >= 11 is 5.96. The van der Waals surface area contributed by atoms with Crippen LogP contribution in [0.25, 0.3) is 0 Å². The van der Waals surface area contributed by atoms with Crippen LogP contribution < -0.4 is 4.74 Å². The van der Waals surface area contributed by atoms with Crippen LogP contribution in [0.1, 0.15) is 16.8 Å². The first-order valence-corrected chi connectivity index (χ1v) is 13.3. The average Bonchev–Trinajstić information content (AvgIpc) is 3.27. The standard InChI is InChI=1S/C24H28ClN5O5S/c1-34-22-9-5-18(6-10-22)13-29-16-21(26-27-29)15-28-11-12-36(32,33)30(23(17-28)24(31)35-2)14-19-3-7-20(25)8-4-19/h3-10,16,23H,11-15,17H2,1-2H3. The highest BCUT2D eigenvalue weighted by molar-refractivity contribution is 7.89. The van der Waals surface area contributed by atoms with Gasteiger partial charge in [-0.3, -0.25) is 9.69 Å². The number of carbonyl (C=O) groups excluding carboxylic acids is 1. The number of hydrogen-bond acceptors (Lipinski definition) is 8. The molecule has 1 aliphatic rings. The first-order valence-electron chi connectivity index (χ1n) is 11.3. The Balaban J connectivity index is 1.48. The SMILES string of the molecule is COC(=O)C1CN(Cc2cn(Cc3ccc(OC)cc3)nn2)CCS(=O)(=O)N1Cc1ccc(Cl)cc1. The van der Waals surface area contributed by atoms with Crippen LogP contribution in [0.15, 0.2) is 54.7 Å². The minimum absolute atomic E-state index is 0.0468. The summed E-state index contributed by atoms with van der Waals surface area (Å²) in [5, 5.41) is 8.99. The Morgan fingerprint density at radius 3 is 2.36 bits per heavy atom. The molecule has 0 bridgehead atoms. The van der Waals surface area contributed by atoms with Gasteiger partial charge >= 0.3 is 5.97 Å². The van der Waals surface area contributed by atoms with Crippen LogP contribution in [0.4, 0.5) is 0 Å². The summed E-state index contributed by atoms with van der Waals surface area (Å²) in [5.74, 6) is 0.0376. The molecule has 1 atom stereocenters. The molecule has 1 fully saturated rings. The smallest absolute Gasteiger partial charge is 0.325 e. The fraction of sp³-hybridized carbons (Fsp3) is 0.375. The van der Waals surface area contributed by atoms with E-state index in [1.54, 1.807) is 36.1 Å². The zero-order valence-electron chi connectivity index (χ0n) is 20.1. The second-order valence-corrected chi connectivity index (χ2v) is 11.0. The Kier molecular flexibility index (Phi) is 8.24. The molecule has 0 amide bonds. The molecule has 2 heterocycles. The maximum atomic E-state index is 13.2. The highest BCUT2D eigenvalue weighted by atomic mass is 35.5. The molecule has 192 valence electrons. The Morgan fingerprint density at radius 1 is 1.03 bits per heavy atom. The fourth-order valence-corrected chi connectivity index (χ4v) is 5.80. The van der Waals surface area contributed by atoms with Crippen molar-refractivity contribution in [2.45, 2.75) is 25.7 Å². The summed E-state index contributed by atoms with van der Waals surface area (Å²) in [5.41, 5.74) is 2.44. The zero-order chi connectivity index (χ0) is 25.7. The van der Waals surface area contributed by atoms with Crippen molar-refractivity contribution in [3.63, 3.8) is 0 Å². The first-order chi connectivity index (χ1) is 17.3. The van der Waals surface area contributed by atoms with Gasteiger partial charge in [-0.15, -0.1) is 5.10 Å². The predicted molar refractivity (Wildman–Crippen MR) is 134 cm³/mol. The van der Waals surface area contributed by atoms with Gasteiger partial charge in [-0.05, 0) is 35.4 Å². The molecule has 1 aliphatic heterocycles. The quantitative estimate of drug-likeness (QED) is 0.406. The number of nitrogens with zero attached hydrogens (tertiary/aromatic N) is 5. The number of aromatic nitrogens is 3.